The molecule has 4 N–H and O–H groups in total. The number of guanidine groups is 1. The number of nitrogens with two attached hydrogens (primary N) is 2. The van der Waals surface area contributed by atoms with Crippen molar-refractivity contribution < 1.29 is 18.0 Å². The van der Waals surface area contributed by atoms with E-state index in [-0.39, 0.29) is 10.4 Å². The number of amides is 1. The van der Waals surface area contributed by atoms with Crippen molar-refractivity contribution in [3.63, 3.8) is 0 Å². The number of anilines is 1. The molecule has 1 amide bonds. The standard InChI is InChI=1S/C13H14BrF3N4O/c14-9-4-3-7(6-8(9)13(15,16)17)21-5-1-2-10(21)11(22)20-12(18)19/h3-4,6,10H,1-2,5H2,(H4,18,19,20,22). The summed E-state index contributed by atoms with van der Waals surface area (Å²) in [5, 5.41) is 0. The topological polar surface area (TPSA) is 84.7 Å². The summed E-state index contributed by atoms with van der Waals surface area (Å²) in [5.74, 6) is -0.905. The maximum atomic E-state index is 13.0. The molecule has 0 radical (unpaired) electrons. The van der Waals surface area contributed by atoms with Crippen LogP contribution in [0.4, 0.5) is 18.9 Å². The second-order valence-electron chi connectivity index (χ2n) is 4.89. The Hall–Kier alpha value is -1.77. The normalized spacial score (nSPS) is 18.4. The number of hydrogen-bond acceptors (Lipinski definition) is 2. The monoisotopic (exact) mass is 378 g/mol. The van der Waals surface area contributed by atoms with E-state index in [1.807, 2.05) is 0 Å². The fraction of sp³-hybridized carbons (Fsp3) is 0.385. The van der Waals surface area contributed by atoms with Crippen molar-refractivity contribution in [2.24, 2.45) is 16.5 Å². The van der Waals surface area contributed by atoms with E-state index < -0.39 is 23.7 Å². The number of carbonyl (C=O) groups is 1. The summed E-state index contributed by atoms with van der Waals surface area (Å²) in [6.45, 7) is 0.468. The Labute approximate surface area is 133 Å². The van der Waals surface area contributed by atoms with Crippen molar-refractivity contribution in [3.8, 4) is 0 Å². The van der Waals surface area contributed by atoms with Crippen molar-refractivity contribution in [1.29, 1.82) is 0 Å². The molecule has 0 spiro atoms. The van der Waals surface area contributed by atoms with Gasteiger partial charge in [0.25, 0.3) is 5.91 Å². The zero-order valence-electron chi connectivity index (χ0n) is 11.4. The second kappa shape index (κ2) is 6.15. The first-order valence-electron chi connectivity index (χ1n) is 6.47. The van der Waals surface area contributed by atoms with E-state index in [2.05, 4.69) is 20.9 Å². The molecule has 1 aliphatic heterocycles. The number of aliphatic imine (C=N–C) groups is 1. The van der Waals surface area contributed by atoms with Gasteiger partial charge in [0.05, 0.1) is 5.56 Å². The third-order valence-corrected chi connectivity index (χ3v) is 4.06. The Kier molecular flexibility index (Phi) is 4.64. The van der Waals surface area contributed by atoms with Gasteiger partial charge in [-0.2, -0.15) is 18.2 Å². The first-order chi connectivity index (χ1) is 10.2. The average Bonchev–Trinajstić information content (AvgIpc) is 2.86. The second-order valence-corrected chi connectivity index (χ2v) is 5.74. The number of halogens is 4. The van der Waals surface area contributed by atoms with Crippen LogP contribution in [-0.2, 0) is 11.0 Å². The molecule has 0 aliphatic carbocycles. The van der Waals surface area contributed by atoms with Crippen molar-refractivity contribution in [3.05, 3.63) is 28.2 Å². The molecule has 1 aromatic rings. The Balaban J connectivity index is 2.35. The van der Waals surface area contributed by atoms with Gasteiger partial charge in [-0.25, -0.2) is 0 Å². The Morgan fingerprint density at radius 3 is 2.64 bits per heavy atom. The molecule has 22 heavy (non-hydrogen) atoms. The molecule has 2 rings (SSSR count). The number of alkyl halides is 3. The van der Waals surface area contributed by atoms with Crippen molar-refractivity contribution in [2.45, 2.75) is 25.1 Å². The molecule has 1 heterocycles. The summed E-state index contributed by atoms with van der Waals surface area (Å²) in [7, 11) is 0. The molecule has 120 valence electrons. The molecule has 1 aliphatic rings. The number of carbonyl (C=O) groups excluding carboxylic acids is 1. The number of nitrogens with zero attached hydrogens (tertiary/aromatic N) is 2. The fourth-order valence-corrected chi connectivity index (χ4v) is 2.91. The van der Waals surface area contributed by atoms with Crippen molar-refractivity contribution >= 4 is 33.5 Å². The zero-order valence-corrected chi connectivity index (χ0v) is 13.0. The van der Waals surface area contributed by atoms with Crippen molar-refractivity contribution in [2.75, 3.05) is 11.4 Å². The Bertz CT molecular complexity index is 614. The molecule has 9 heteroatoms. The zero-order chi connectivity index (χ0) is 16.5. The Morgan fingerprint density at radius 1 is 1.36 bits per heavy atom. The third kappa shape index (κ3) is 3.52. The van der Waals surface area contributed by atoms with Gasteiger partial charge in [-0.1, -0.05) is 15.9 Å². The average molecular weight is 379 g/mol. The molecule has 1 unspecified atom stereocenters. The van der Waals surface area contributed by atoms with Crippen LogP contribution in [0.25, 0.3) is 0 Å². The van der Waals surface area contributed by atoms with Crippen LogP contribution in [0.1, 0.15) is 18.4 Å². The summed E-state index contributed by atoms with van der Waals surface area (Å²) >= 11 is 2.89. The van der Waals surface area contributed by atoms with Crippen LogP contribution >= 0.6 is 15.9 Å². The van der Waals surface area contributed by atoms with Gasteiger partial charge in [-0.3, -0.25) is 4.79 Å². The molecule has 1 fully saturated rings. The van der Waals surface area contributed by atoms with Gasteiger partial charge in [0, 0.05) is 16.7 Å². The van der Waals surface area contributed by atoms with E-state index in [1.54, 1.807) is 4.90 Å². The lowest BCUT2D eigenvalue weighted by molar-refractivity contribution is -0.138. The molecule has 1 atom stereocenters. The van der Waals surface area contributed by atoms with E-state index in [0.29, 0.717) is 25.1 Å². The molecular formula is C13H14BrF3N4O. The van der Waals surface area contributed by atoms with E-state index in [1.165, 1.54) is 12.1 Å². The molecule has 1 aromatic carbocycles. The van der Waals surface area contributed by atoms with Gasteiger partial charge >= 0.3 is 6.18 Å². The fourth-order valence-electron chi connectivity index (χ4n) is 2.44. The van der Waals surface area contributed by atoms with Crippen LogP contribution < -0.4 is 16.4 Å². The van der Waals surface area contributed by atoms with E-state index in [0.717, 1.165) is 6.07 Å². The first-order valence-corrected chi connectivity index (χ1v) is 7.26. The van der Waals surface area contributed by atoms with Gasteiger partial charge in [-0.15, -0.1) is 0 Å². The lowest BCUT2D eigenvalue weighted by Gasteiger charge is -2.25. The third-order valence-electron chi connectivity index (χ3n) is 3.36. The molecular weight excluding hydrogens is 365 g/mol. The van der Waals surface area contributed by atoms with Crippen LogP contribution in [0.5, 0.6) is 0 Å². The molecule has 0 saturated carbocycles. The minimum atomic E-state index is -4.48. The van der Waals surface area contributed by atoms with Crippen LogP contribution in [0, 0.1) is 0 Å². The van der Waals surface area contributed by atoms with E-state index in [4.69, 9.17) is 11.5 Å². The number of benzene rings is 1. The van der Waals surface area contributed by atoms with Crippen LogP contribution in [0.2, 0.25) is 0 Å². The summed E-state index contributed by atoms with van der Waals surface area (Å²) in [6.07, 6.45) is -3.31. The molecule has 1 saturated heterocycles. The van der Waals surface area contributed by atoms with Gasteiger partial charge < -0.3 is 16.4 Å². The lowest BCUT2D eigenvalue weighted by atomic mass is 10.1. The first kappa shape index (κ1) is 16.6. The maximum absolute atomic E-state index is 13.0. The smallest absolute Gasteiger partial charge is 0.370 e. The Morgan fingerprint density at radius 2 is 2.05 bits per heavy atom. The quantitative estimate of drug-likeness (QED) is 0.610. The highest BCUT2D eigenvalue weighted by atomic mass is 79.9. The highest BCUT2D eigenvalue weighted by molar-refractivity contribution is 9.10. The van der Waals surface area contributed by atoms with Gasteiger partial charge in [-0.05, 0) is 31.0 Å². The molecule has 0 aromatic heterocycles. The predicted octanol–water partition coefficient (Wildman–Crippen LogP) is 2.24. The van der Waals surface area contributed by atoms with Gasteiger partial charge in [0.2, 0.25) is 0 Å². The van der Waals surface area contributed by atoms with Crippen LogP contribution in [0.3, 0.4) is 0 Å². The van der Waals surface area contributed by atoms with E-state index >= 15 is 0 Å². The maximum Gasteiger partial charge on any atom is 0.417 e. The lowest BCUT2D eigenvalue weighted by Crippen LogP contribution is -2.37. The van der Waals surface area contributed by atoms with Crippen LogP contribution in [0.15, 0.2) is 27.7 Å². The summed E-state index contributed by atoms with van der Waals surface area (Å²) < 4.78 is 38.9. The highest BCUT2D eigenvalue weighted by Crippen LogP contribution is 2.38. The largest absolute Gasteiger partial charge is 0.417 e. The molecule has 0 bridgehead atoms. The SMILES string of the molecule is NC(N)=NC(=O)C1CCCN1c1ccc(Br)c(C(F)(F)F)c1. The summed E-state index contributed by atoms with van der Waals surface area (Å²) in [6, 6.07) is 3.22. The predicted molar refractivity (Wildman–Crippen MR) is 80.3 cm³/mol. The van der Waals surface area contributed by atoms with Gasteiger partial charge in [0.15, 0.2) is 5.96 Å². The minimum absolute atomic E-state index is 0.0463. The van der Waals surface area contributed by atoms with E-state index in [9.17, 15) is 18.0 Å². The number of rotatable bonds is 2. The highest BCUT2D eigenvalue weighted by Gasteiger charge is 2.36. The van der Waals surface area contributed by atoms with Gasteiger partial charge in [0.1, 0.15) is 6.04 Å². The summed E-state index contributed by atoms with van der Waals surface area (Å²) in [4.78, 5) is 17.0. The molecule has 5 nitrogen and oxygen atoms in total. The number of hydrogen-bond donors (Lipinski definition) is 2. The van der Waals surface area contributed by atoms with Crippen molar-refractivity contribution in [1.82, 2.24) is 0 Å². The minimum Gasteiger partial charge on any atom is -0.370 e. The summed E-state index contributed by atoms with van der Waals surface area (Å²) in [5.41, 5.74) is 9.89. The van der Waals surface area contributed by atoms with Crippen LogP contribution in [-0.4, -0.2) is 24.5 Å².